The summed E-state index contributed by atoms with van der Waals surface area (Å²) in [5, 5.41) is 2.97. The largest absolute Gasteiger partial charge is 0.323 e. The zero-order chi connectivity index (χ0) is 17.0. The summed E-state index contributed by atoms with van der Waals surface area (Å²) in [5.74, 6) is -0.501. The molecule has 0 aliphatic heterocycles. The number of anilines is 1. The number of rotatable bonds is 5. The van der Waals surface area contributed by atoms with Crippen molar-refractivity contribution >= 4 is 49.1 Å². The van der Waals surface area contributed by atoms with Crippen LogP contribution in [0.1, 0.15) is 6.92 Å². The lowest BCUT2D eigenvalue weighted by molar-refractivity contribution is -0.117. The molecule has 0 unspecified atom stereocenters. The van der Waals surface area contributed by atoms with Crippen molar-refractivity contribution in [1.29, 1.82) is 0 Å². The van der Waals surface area contributed by atoms with Crippen LogP contribution in [-0.2, 0) is 14.8 Å². The molecule has 0 bridgehead atoms. The average molecular weight is 418 g/mol. The second-order valence-corrected chi connectivity index (χ2v) is 7.80. The molecule has 23 heavy (non-hydrogen) atoms. The van der Waals surface area contributed by atoms with Crippen molar-refractivity contribution in [3.05, 3.63) is 58.0 Å². The number of para-hydroxylation sites is 1. The normalized spacial score (nSPS) is 12.7. The molecular formula is C15H14BrClN2O3S. The molecule has 2 aromatic rings. The Kier molecular flexibility index (Phi) is 5.80. The van der Waals surface area contributed by atoms with Crippen molar-refractivity contribution in [3.63, 3.8) is 0 Å². The molecule has 5 nitrogen and oxygen atoms in total. The van der Waals surface area contributed by atoms with E-state index < -0.39 is 22.0 Å². The van der Waals surface area contributed by atoms with Gasteiger partial charge < -0.3 is 5.32 Å². The molecule has 2 rings (SSSR count). The van der Waals surface area contributed by atoms with Gasteiger partial charge in [-0.2, -0.15) is 4.72 Å². The van der Waals surface area contributed by atoms with E-state index in [0.717, 1.165) is 4.47 Å². The van der Waals surface area contributed by atoms with Crippen molar-refractivity contribution < 1.29 is 13.2 Å². The summed E-state index contributed by atoms with van der Waals surface area (Å²) >= 11 is 9.20. The van der Waals surface area contributed by atoms with Gasteiger partial charge in [0.05, 0.1) is 21.6 Å². The summed E-state index contributed by atoms with van der Waals surface area (Å²) in [5.41, 5.74) is 0.425. The highest BCUT2D eigenvalue weighted by molar-refractivity contribution is 9.10. The Morgan fingerprint density at radius 3 is 2.35 bits per heavy atom. The van der Waals surface area contributed by atoms with E-state index in [4.69, 9.17) is 11.6 Å². The average Bonchev–Trinajstić information content (AvgIpc) is 2.49. The Labute approximate surface area is 148 Å². The SMILES string of the molecule is C[C@H](NS(=O)(=O)c1ccc(Br)cc1)C(=O)Nc1ccccc1Cl. The molecule has 0 heterocycles. The van der Waals surface area contributed by atoms with E-state index in [-0.39, 0.29) is 4.90 Å². The monoisotopic (exact) mass is 416 g/mol. The first-order valence-electron chi connectivity index (χ1n) is 6.63. The van der Waals surface area contributed by atoms with Crippen molar-refractivity contribution in [1.82, 2.24) is 4.72 Å². The maximum Gasteiger partial charge on any atom is 0.242 e. The molecule has 1 atom stereocenters. The van der Waals surface area contributed by atoms with Crippen molar-refractivity contribution in [2.75, 3.05) is 5.32 Å². The van der Waals surface area contributed by atoms with Gasteiger partial charge >= 0.3 is 0 Å². The van der Waals surface area contributed by atoms with Crippen LogP contribution in [0, 0.1) is 0 Å². The van der Waals surface area contributed by atoms with Crippen LogP contribution < -0.4 is 10.0 Å². The molecule has 0 radical (unpaired) electrons. The number of hydrogen-bond donors (Lipinski definition) is 2. The Hall–Kier alpha value is -1.41. The van der Waals surface area contributed by atoms with E-state index >= 15 is 0 Å². The minimum atomic E-state index is -3.79. The molecule has 0 spiro atoms. The van der Waals surface area contributed by atoms with Gasteiger partial charge in [-0.15, -0.1) is 0 Å². The Morgan fingerprint density at radius 1 is 1.13 bits per heavy atom. The first-order chi connectivity index (χ1) is 10.8. The van der Waals surface area contributed by atoms with Crippen LogP contribution in [0.25, 0.3) is 0 Å². The van der Waals surface area contributed by atoms with Gasteiger partial charge in [-0.3, -0.25) is 4.79 Å². The number of carbonyl (C=O) groups is 1. The van der Waals surface area contributed by atoms with E-state index in [9.17, 15) is 13.2 Å². The molecule has 0 fully saturated rings. The smallest absolute Gasteiger partial charge is 0.242 e. The first-order valence-corrected chi connectivity index (χ1v) is 9.28. The lowest BCUT2D eigenvalue weighted by atomic mass is 10.3. The lowest BCUT2D eigenvalue weighted by Crippen LogP contribution is -2.41. The van der Waals surface area contributed by atoms with Gasteiger partial charge in [0.1, 0.15) is 0 Å². The van der Waals surface area contributed by atoms with Gasteiger partial charge in [0.2, 0.25) is 15.9 Å². The summed E-state index contributed by atoms with van der Waals surface area (Å²) in [4.78, 5) is 12.2. The van der Waals surface area contributed by atoms with Crippen molar-refractivity contribution in [2.45, 2.75) is 17.9 Å². The zero-order valence-electron chi connectivity index (χ0n) is 12.1. The maximum atomic E-state index is 12.2. The fourth-order valence-electron chi connectivity index (χ4n) is 1.77. The number of benzene rings is 2. The predicted octanol–water partition coefficient (Wildman–Crippen LogP) is 3.41. The fraction of sp³-hybridized carbons (Fsp3) is 0.133. The quantitative estimate of drug-likeness (QED) is 0.783. The van der Waals surface area contributed by atoms with Crippen LogP contribution in [0.2, 0.25) is 5.02 Å². The fourth-order valence-corrected chi connectivity index (χ4v) is 3.42. The van der Waals surface area contributed by atoms with Crippen LogP contribution in [0.5, 0.6) is 0 Å². The Bertz CT molecular complexity index is 810. The zero-order valence-corrected chi connectivity index (χ0v) is 15.2. The van der Waals surface area contributed by atoms with E-state index in [1.165, 1.54) is 19.1 Å². The van der Waals surface area contributed by atoms with Crippen LogP contribution in [0.15, 0.2) is 57.9 Å². The summed E-state index contributed by atoms with van der Waals surface area (Å²) in [6.45, 7) is 1.46. The molecule has 2 N–H and O–H groups in total. The molecule has 8 heteroatoms. The van der Waals surface area contributed by atoms with E-state index in [1.54, 1.807) is 36.4 Å². The molecule has 122 valence electrons. The lowest BCUT2D eigenvalue weighted by Gasteiger charge is -2.15. The standard InChI is InChI=1S/C15H14BrClN2O3S/c1-10(15(20)18-14-5-3-2-4-13(14)17)19-23(21,22)12-8-6-11(16)7-9-12/h2-10,19H,1H3,(H,18,20)/t10-/m0/s1. The number of carbonyl (C=O) groups excluding carboxylic acids is 1. The highest BCUT2D eigenvalue weighted by Crippen LogP contribution is 2.20. The van der Waals surface area contributed by atoms with Gasteiger partial charge in [0.25, 0.3) is 0 Å². The van der Waals surface area contributed by atoms with Crippen molar-refractivity contribution in [2.24, 2.45) is 0 Å². The van der Waals surface area contributed by atoms with Gasteiger partial charge in [-0.05, 0) is 43.3 Å². The number of hydrogen-bond acceptors (Lipinski definition) is 3. The van der Waals surface area contributed by atoms with Gasteiger partial charge in [0, 0.05) is 4.47 Å². The second kappa shape index (κ2) is 7.44. The highest BCUT2D eigenvalue weighted by Gasteiger charge is 2.22. The summed E-state index contributed by atoms with van der Waals surface area (Å²) in [7, 11) is -3.79. The summed E-state index contributed by atoms with van der Waals surface area (Å²) in [6, 6.07) is 11.9. The van der Waals surface area contributed by atoms with Crippen molar-refractivity contribution in [3.8, 4) is 0 Å². The molecule has 0 aromatic heterocycles. The minimum absolute atomic E-state index is 0.0816. The topological polar surface area (TPSA) is 75.3 Å². The Morgan fingerprint density at radius 2 is 1.74 bits per heavy atom. The summed E-state index contributed by atoms with van der Waals surface area (Å²) < 4.78 is 27.6. The minimum Gasteiger partial charge on any atom is -0.323 e. The Balaban J connectivity index is 2.08. The van der Waals surface area contributed by atoms with Crippen LogP contribution in [-0.4, -0.2) is 20.4 Å². The highest BCUT2D eigenvalue weighted by atomic mass is 79.9. The number of sulfonamides is 1. The molecule has 1 amide bonds. The van der Waals surface area contributed by atoms with Crippen LogP contribution >= 0.6 is 27.5 Å². The van der Waals surface area contributed by atoms with Crippen LogP contribution in [0.3, 0.4) is 0 Å². The maximum absolute atomic E-state index is 12.2. The van der Waals surface area contributed by atoms with E-state index in [0.29, 0.717) is 10.7 Å². The third-order valence-corrected chi connectivity index (χ3v) is 5.40. The van der Waals surface area contributed by atoms with Gasteiger partial charge in [-0.1, -0.05) is 39.7 Å². The molecule has 0 aliphatic rings. The molecule has 0 aliphatic carbocycles. The molecule has 0 saturated heterocycles. The third-order valence-electron chi connectivity index (χ3n) is 2.98. The summed E-state index contributed by atoms with van der Waals surface area (Å²) in [6.07, 6.45) is 0. The number of halogens is 2. The first kappa shape index (κ1) is 17.9. The van der Waals surface area contributed by atoms with Crippen LogP contribution in [0.4, 0.5) is 5.69 Å². The van der Waals surface area contributed by atoms with E-state index in [2.05, 4.69) is 26.0 Å². The second-order valence-electron chi connectivity index (χ2n) is 4.77. The number of nitrogens with one attached hydrogen (secondary N) is 2. The van der Waals surface area contributed by atoms with Gasteiger partial charge in [0.15, 0.2) is 0 Å². The molecule has 2 aromatic carbocycles. The van der Waals surface area contributed by atoms with E-state index in [1.807, 2.05) is 0 Å². The molecule has 0 saturated carbocycles. The van der Waals surface area contributed by atoms with Gasteiger partial charge in [-0.25, -0.2) is 8.42 Å². The number of amides is 1. The predicted molar refractivity (Wildman–Crippen MR) is 94.0 cm³/mol. The molecular weight excluding hydrogens is 404 g/mol. The third kappa shape index (κ3) is 4.78.